The predicted molar refractivity (Wildman–Crippen MR) is 74.5 cm³/mol. The largest absolute Gasteiger partial charge is 0.497 e. The number of rotatable bonds is 5. The molecule has 20 heavy (non-hydrogen) atoms. The van der Waals surface area contributed by atoms with Crippen molar-refractivity contribution in [1.29, 1.82) is 0 Å². The van der Waals surface area contributed by atoms with E-state index in [-0.39, 0.29) is 12.1 Å². The Morgan fingerprint density at radius 3 is 2.60 bits per heavy atom. The molecule has 0 radical (unpaired) electrons. The Balaban J connectivity index is 2.41. The van der Waals surface area contributed by atoms with Crippen molar-refractivity contribution in [2.45, 2.75) is 6.42 Å². The summed E-state index contributed by atoms with van der Waals surface area (Å²) in [4.78, 5) is 24.9. The molecule has 0 unspecified atom stereocenters. The Morgan fingerprint density at radius 2 is 2.10 bits per heavy atom. The number of hydrogen-bond acceptors (Lipinski definition) is 3. The van der Waals surface area contributed by atoms with E-state index >= 15 is 0 Å². The summed E-state index contributed by atoms with van der Waals surface area (Å²) in [5, 5.41) is 8.98. The number of carbonyl (C=O) groups is 1. The number of carboxylic acids is 1. The second-order valence-electron chi connectivity index (χ2n) is 4.13. The number of aromatic nitrogens is 2. The standard InChI is InChI=1S/C14H14N2O4/c1-20-12-4-2-10(3-5-12)11(8-13(17)18)9-16-7-6-15-14(16)19/h2-7,9H,8H2,1H3,(H,15,19)(H,17,18). The molecule has 0 spiro atoms. The summed E-state index contributed by atoms with van der Waals surface area (Å²) in [5.74, 6) is -0.280. The van der Waals surface area contributed by atoms with E-state index in [0.29, 0.717) is 11.3 Å². The van der Waals surface area contributed by atoms with E-state index < -0.39 is 5.97 Å². The first kappa shape index (κ1) is 13.7. The van der Waals surface area contributed by atoms with Crippen molar-refractivity contribution >= 4 is 17.7 Å². The van der Waals surface area contributed by atoms with E-state index in [9.17, 15) is 9.59 Å². The van der Waals surface area contributed by atoms with Crippen LogP contribution < -0.4 is 10.4 Å². The van der Waals surface area contributed by atoms with E-state index in [1.54, 1.807) is 31.4 Å². The molecule has 2 N–H and O–H groups in total. The van der Waals surface area contributed by atoms with Crippen LogP contribution in [0.2, 0.25) is 0 Å². The zero-order valence-electron chi connectivity index (χ0n) is 10.9. The molecular weight excluding hydrogens is 260 g/mol. The molecule has 1 aromatic heterocycles. The van der Waals surface area contributed by atoms with Crippen molar-refractivity contribution in [2.24, 2.45) is 0 Å². The number of benzene rings is 1. The Bertz CT molecular complexity index is 680. The van der Waals surface area contributed by atoms with Crippen LogP contribution in [0.3, 0.4) is 0 Å². The number of hydrogen-bond donors (Lipinski definition) is 2. The smallest absolute Gasteiger partial charge is 0.329 e. The summed E-state index contributed by atoms with van der Waals surface area (Å²) in [5.41, 5.74) is 0.935. The van der Waals surface area contributed by atoms with Gasteiger partial charge in [-0.1, -0.05) is 12.1 Å². The molecule has 0 aliphatic heterocycles. The first-order chi connectivity index (χ1) is 9.60. The number of imidazole rings is 1. The maximum absolute atomic E-state index is 11.5. The summed E-state index contributed by atoms with van der Waals surface area (Å²) in [6.07, 6.45) is 4.36. The van der Waals surface area contributed by atoms with E-state index in [2.05, 4.69) is 4.98 Å². The fourth-order valence-corrected chi connectivity index (χ4v) is 1.79. The summed E-state index contributed by atoms with van der Waals surface area (Å²) in [6.45, 7) is 0. The van der Waals surface area contributed by atoms with Crippen LogP contribution in [0.5, 0.6) is 5.75 Å². The number of nitrogens with one attached hydrogen (secondary N) is 1. The van der Waals surface area contributed by atoms with Crippen LogP contribution >= 0.6 is 0 Å². The third-order valence-electron chi connectivity index (χ3n) is 2.77. The molecule has 104 valence electrons. The number of aromatic amines is 1. The first-order valence-electron chi connectivity index (χ1n) is 5.92. The highest BCUT2D eigenvalue weighted by molar-refractivity contribution is 5.88. The zero-order valence-corrected chi connectivity index (χ0v) is 10.9. The van der Waals surface area contributed by atoms with E-state index in [1.807, 2.05) is 0 Å². The zero-order chi connectivity index (χ0) is 14.5. The third-order valence-corrected chi connectivity index (χ3v) is 2.77. The Morgan fingerprint density at radius 1 is 1.40 bits per heavy atom. The fourth-order valence-electron chi connectivity index (χ4n) is 1.79. The summed E-state index contributed by atoms with van der Waals surface area (Å²) < 4.78 is 6.37. The average molecular weight is 274 g/mol. The second-order valence-corrected chi connectivity index (χ2v) is 4.13. The highest BCUT2D eigenvalue weighted by atomic mass is 16.5. The van der Waals surface area contributed by atoms with E-state index in [0.717, 1.165) is 5.56 Å². The van der Waals surface area contributed by atoms with Gasteiger partial charge in [-0.15, -0.1) is 0 Å². The van der Waals surface area contributed by atoms with Crippen LogP contribution in [0.4, 0.5) is 0 Å². The van der Waals surface area contributed by atoms with Gasteiger partial charge in [-0.05, 0) is 23.3 Å². The highest BCUT2D eigenvalue weighted by Gasteiger charge is 2.08. The molecule has 1 aromatic carbocycles. The molecule has 0 saturated heterocycles. The number of nitrogens with zero attached hydrogens (tertiary/aromatic N) is 1. The lowest BCUT2D eigenvalue weighted by Crippen LogP contribution is -2.11. The van der Waals surface area contributed by atoms with Crippen molar-refractivity contribution in [3.05, 3.63) is 52.7 Å². The molecule has 2 rings (SSSR count). The molecular formula is C14H14N2O4. The normalized spacial score (nSPS) is 11.3. The molecule has 2 aromatic rings. The van der Waals surface area contributed by atoms with Gasteiger partial charge in [0, 0.05) is 18.6 Å². The van der Waals surface area contributed by atoms with Crippen LogP contribution in [-0.4, -0.2) is 27.7 Å². The van der Waals surface area contributed by atoms with Gasteiger partial charge in [-0.2, -0.15) is 0 Å². The van der Waals surface area contributed by atoms with Gasteiger partial charge in [0.05, 0.1) is 13.5 Å². The lowest BCUT2D eigenvalue weighted by Gasteiger charge is -2.07. The highest BCUT2D eigenvalue weighted by Crippen LogP contribution is 2.22. The molecule has 0 aliphatic rings. The van der Waals surface area contributed by atoms with E-state index in [4.69, 9.17) is 9.84 Å². The van der Waals surface area contributed by atoms with Crippen LogP contribution in [0.15, 0.2) is 41.5 Å². The first-order valence-corrected chi connectivity index (χ1v) is 5.92. The van der Waals surface area contributed by atoms with Gasteiger partial charge in [0.2, 0.25) is 0 Å². The quantitative estimate of drug-likeness (QED) is 0.868. The molecule has 0 amide bonds. The fraction of sp³-hybridized carbons (Fsp3) is 0.143. The van der Waals surface area contributed by atoms with Crippen LogP contribution in [-0.2, 0) is 4.79 Å². The third kappa shape index (κ3) is 3.17. The number of ether oxygens (including phenoxy) is 1. The van der Waals surface area contributed by atoms with Gasteiger partial charge >= 0.3 is 11.7 Å². The molecule has 0 bridgehead atoms. The van der Waals surface area contributed by atoms with Gasteiger partial charge in [0.15, 0.2) is 0 Å². The van der Waals surface area contributed by atoms with E-state index in [1.165, 1.54) is 23.2 Å². The van der Waals surface area contributed by atoms with Gasteiger partial charge in [0.1, 0.15) is 5.75 Å². The summed E-state index contributed by atoms with van der Waals surface area (Å²) >= 11 is 0. The molecule has 0 aliphatic carbocycles. The lowest BCUT2D eigenvalue weighted by molar-refractivity contribution is -0.135. The number of H-pyrrole nitrogens is 1. The SMILES string of the molecule is COc1ccc(C(=Cn2cc[nH]c2=O)CC(=O)O)cc1. The topological polar surface area (TPSA) is 84.3 Å². The number of aliphatic carboxylic acids is 1. The molecule has 6 heteroatoms. The minimum Gasteiger partial charge on any atom is -0.497 e. The molecule has 0 saturated carbocycles. The second kappa shape index (κ2) is 5.92. The van der Waals surface area contributed by atoms with Crippen LogP contribution in [0, 0.1) is 0 Å². The molecule has 6 nitrogen and oxygen atoms in total. The van der Waals surface area contributed by atoms with Gasteiger partial charge in [-0.3, -0.25) is 9.36 Å². The molecule has 0 atom stereocenters. The van der Waals surface area contributed by atoms with Crippen molar-refractivity contribution in [3.63, 3.8) is 0 Å². The van der Waals surface area contributed by atoms with Crippen molar-refractivity contribution in [1.82, 2.24) is 9.55 Å². The molecule has 1 heterocycles. The predicted octanol–water partition coefficient (Wildman–Crippen LogP) is 1.66. The summed E-state index contributed by atoms with van der Waals surface area (Å²) in [7, 11) is 1.56. The Labute approximate surface area is 114 Å². The van der Waals surface area contributed by atoms with Gasteiger partial charge < -0.3 is 14.8 Å². The summed E-state index contributed by atoms with van der Waals surface area (Å²) in [6, 6.07) is 6.99. The van der Waals surface area contributed by atoms with Gasteiger partial charge in [0.25, 0.3) is 0 Å². The van der Waals surface area contributed by atoms with Crippen molar-refractivity contribution in [2.75, 3.05) is 7.11 Å². The minimum atomic E-state index is -0.962. The number of carboxylic acid groups (broad SMARTS) is 1. The average Bonchev–Trinajstić information content (AvgIpc) is 2.83. The number of methoxy groups -OCH3 is 1. The van der Waals surface area contributed by atoms with Crippen molar-refractivity contribution < 1.29 is 14.6 Å². The monoisotopic (exact) mass is 274 g/mol. The van der Waals surface area contributed by atoms with Crippen molar-refractivity contribution in [3.8, 4) is 5.75 Å². The Kier molecular flexibility index (Phi) is 4.05. The van der Waals surface area contributed by atoms with Crippen LogP contribution in [0.25, 0.3) is 11.8 Å². The maximum Gasteiger partial charge on any atom is 0.329 e. The minimum absolute atomic E-state index is 0.177. The lowest BCUT2D eigenvalue weighted by atomic mass is 10.0. The van der Waals surface area contributed by atoms with Gasteiger partial charge in [-0.25, -0.2) is 4.79 Å². The molecule has 0 fully saturated rings. The maximum atomic E-state index is 11.5. The Hall–Kier alpha value is -2.76. The van der Waals surface area contributed by atoms with Crippen LogP contribution in [0.1, 0.15) is 12.0 Å².